The Morgan fingerprint density at radius 1 is 1.04 bits per heavy atom. The van der Waals surface area contributed by atoms with Crippen LogP contribution in [-0.2, 0) is 16.6 Å². The van der Waals surface area contributed by atoms with Gasteiger partial charge in [-0.25, -0.2) is 4.39 Å². The van der Waals surface area contributed by atoms with Gasteiger partial charge in [-0.1, -0.05) is 30.3 Å². The van der Waals surface area contributed by atoms with Crippen LogP contribution < -0.4 is 10.6 Å². The van der Waals surface area contributed by atoms with Gasteiger partial charge in [-0.3, -0.25) is 9.20 Å². The molecule has 1 saturated heterocycles. The predicted molar refractivity (Wildman–Crippen MR) is 125 cm³/mol. The summed E-state index contributed by atoms with van der Waals surface area (Å²) in [4.78, 5) is 8.65. The molecule has 0 bridgehead atoms. The zero-order valence-corrected chi connectivity index (χ0v) is 18.8. The SMILES string of the molecule is I.NC(=NCCS(=O)Cc1ccccc1)N1CCN(c2ccc(F)cc2)CC1. The van der Waals surface area contributed by atoms with Crippen molar-refractivity contribution in [3.63, 3.8) is 0 Å². The molecule has 0 saturated carbocycles. The first-order chi connectivity index (χ1) is 13.1. The van der Waals surface area contributed by atoms with Crippen molar-refractivity contribution in [3.8, 4) is 0 Å². The van der Waals surface area contributed by atoms with Gasteiger partial charge in [-0.15, -0.1) is 24.0 Å². The maximum atomic E-state index is 13.0. The number of nitrogens with two attached hydrogens (primary N) is 1. The van der Waals surface area contributed by atoms with Crippen molar-refractivity contribution in [1.29, 1.82) is 0 Å². The number of hydrogen-bond acceptors (Lipinski definition) is 3. The number of aliphatic imine (C=N–C) groups is 1. The fourth-order valence-corrected chi connectivity index (χ4v) is 4.04. The van der Waals surface area contributed by atoms with Crippen LogP contribution in [0.15, 0.2) is 59.6 Å². The molecule has 3 rings (SSSR count). The predicted octanol–water partition coefficient (Wildman–Crippen LogP) is 2.83. The average molecular weight is 516 g/mol. The zero-order valence-electron chi connectivity index (χ0n) is 15.7. The lowest BCUT2D eigenvalue weighted by molar-refractivity contribution is 0.381. The molecule has 0 aromatic heterocycles. The summed E-state index contributed by atoms with van der Waals surface area (Å²) in [5.74, 6) is 1.33. The number of rotatable bonds is 6. The van der Waals surface area contributed by atoms with E-state index in [4.69, 9.17) is 5.73 Å². The highest BCUT2D eigenvalue weighted by Crippen LogP contribution is 2.16. The minimum atomic E-state index is -0.945. The Kier molecular flexibility index (Phi) is 9.17. The van der Waals surface area contributed by atoms with E-state index >= 15 is 0 Å². The summed E-state index contributed by atoms with van der Waals surface area (Å²) in [6.07, 6.45) is 0. The van der Waals surface area contributed by atoms with Crippen molar-refractivity contribution in [2.45, 2.75) is 5.75 Å². The van der Waals surface area contributed by atoms with Crippen molar-refractivity contribution in [1.82, 2.24) is 4.90 Å². The van der Waals surface area contributed by atoms with Crippen molar-refractivity contribution < 1.29 is 8.60 Å². The minimum absolute atomic E-state index is 0. The first kappa shape index (κ1) is 22.6. The van der Waals surface area contributed by atoms with Crippen LogP contribution in [0.1, 0.15) is 5.56 Å². The van der Waals surface area contributed by atoms with Gasteiger partial charge < -0.3 is 15.5 Å². The second-order valence-electron chi connectivity index (χ2n) is 6.46. The quantitative estimate of drug-likeness (QED) is 0.365. The normalized spacial score (nSPS) is 15.8. The lowest BCUT2D eigenvalue weighted by Crippen LogP contribution is -2.51. The lowest BCUT2D eigenvalue weighted by atomic mass is 10.2. The first-order valence-electron chi connectivity index (χ1n) is 9.06. The third-order valence-electron chi connectivity index (χ3n) is 4.56. The summed E-state index contributed by atoms with van der Waals surface area (Å²) < 4.78 is 25.2. The van der Waals surface area contributed by atoms with E-state index in [-0.39, 0.29) is 29.8 Å². The molecule has 28 heavy (non-hydrogen) atoms. The number of nitrogens with zero attached hydrogens (tertiary/aromatic N) is 3. The molecule has 1 aliphatic rings. The van der Waals surface area contributed by atoms with Gasteiger partial charge >= 0.3 is 0 Å². The molecule has 2 N–H and O–H groups in total. The number of anilines is 1. The highest BCUT2D eigenvalue weighted by atomic mass is 127. The Bertz CT molecular complexity index is 781. The standard InChI is InChI=1S/C20H25FN4OS.HI/c21-18-6-8-19(9-7-18)24-11-13-25(14-12-24)20(22)23-10-15-27(26)16-17-4-2-1-3-5-17;/h1-9H,10-16H2,(H2,22,23);1H. The Labute approximate surface area is 185 Å². The Morgan fingerprint density at radius 3 is 2.32 bits per heavy atom. The average Bonchev–Trinajstić information content (AvgIpc) is 2.69. The van der Waals surface area contributed by atoms with Gasteiger partial charge in [0.05, 0.1) is 6.54 Å². The van der Waals surface area contributed by atoms with Gasteiger partial charge in [0.1, 0.15) is 5.82 Å². The van der Waals surface area contributed by atoms with Gasteiger partial charge in [0.15, 0.2) is 5.96 Å². The fourth-order valence-electron chi connectivity index (χ4n) is 3.04. The van der Waals surface area contributed by atoms with Crippen LogP contribution in [0.3, 0.4) is 0 Å². The van der Waals surface area contributed by atoms with Crippen LogP contribution in [-0.4, -0.2) is 53.5 Å². The highest BCUT2D eigenvalue weighted by molar-refractivity contribution is 14.0. The molecule has 0 spiro atoms. The van der Waals surface area contributed by atoms with E-state index in [1.807, 2.05) is 35.2 Å². The smallest absolute Gasteiger partial charge is 0.191 e. The maximum absolute atomic E-state index is 13.0. The second-order valence-corrected chi connectivity index (χ2v) is 8.04. The molecule has 1 heterocycles. The number of hydrogen-bond donors (Lipinski definition) is 1. The largest absolute Gasteiger partial charge is 0.370 e. The molecule has 2 aromatic carbocycles. The molecule has 1 atom stereocenters. The summed E-state index contributed by atoms with van der Waals surface area (Å²) in [5, 5.41) is 0. The van der Waals surface area contributed by atoms with Crippen LogP contribution in [0.4, 0.5) is 10.1 Å². The van der Waals surface area contributed by atoms with Crippen LogP contribution in [0.25, 0.3) is 0 Å². The Morgan fingerprint density at radius 2 is 1.68 bits per heavy atom. The third-order valence-corrected chi connectivity index (χ3v) is 5.85. The molecule has 1 unspecified atom stereocenters. The van der Waals surface area contributed by atoms with Gasteiger partial charge in [0.25, 0.3) is 0 Å². The van der Waals surface area contributed by atoms with Crippen LogP contribution in [0, 0.1) is 5.82 Å². The molecule has 2 aromatic rings. The minimum Gasteiger partial charge on any atom is -0.370 e. The summed E-state index contributed by atoms with van der Waals surface area (Å²) in [6, 6.07) is 16.4. The van der Waals surface area contributed by atoms with Gasteiger partial charge in [-0.2, -0.15) is 0 Å². The van der Waals surface area contributed by atoms with Gasteiger partial charge in [0.2, 0.25) is 0 Å². The van der Waals surface area contributed by atoms with Crippen molar-refractivity contribution in [2.24, 2.45) is 10.7 Å². The Hall–Kier alpha value is -1.68. The van der Waals surface area contributed by atoms with Crippen molar-refractivity contribution >= 4 is 46.4 Å². The lowest BCUT2D eigenvalue weighted by Gasteiger charge is -2.36. The molecular formula is C20H26FIN4OS. The number of piperazine rings is 1. The fraction of sp³-hybridized carbons (Fsp3) is 0.350. The monoisotopic (exact) mass is 516 g/mol. The maximum Gasteiger partial charge on any atom is 0.191 e. The molecule has 1 aliphatic heterocycles. The van der Waals surface area contributed by atoms with Crippen LogP contribution >= 0.6 is 24.0 Å². The number of guanidine groups is 1. The topological polar surface area (TPSA) is 61.9 Å². The molecule has 0 amide bonds. The molecule has 1 fully saturated rings. The van der Waals surface area contributed by atoms with E-state index in [1.165, 1.54) is 12.1 Å². The van der Waals surface area contributed by atoms with Crippen LogP contribution in [0.2, 0.25) is 0 Å². The summed E-state index contributed by atoms with van der Waals surface area (Å²) in [7, 11) is -0.945. The van der Waals surface area contributed by atoms with E-state index in [0.717, 1.165) is 37.4 Å². The van der Waals surface area contributed by atoms with E-state index in [2.05, 4.69) is 9.89 Å². The molecule has 0 aliphatic carbocycles. The van der Waals surface area contributed by atoms with E-state index < -0.39 is 10.8 Å². The van der Waals surface area contributed by atoms with Crippen LogP contribution in [0.5, 0.6) is 0 Å². The van der Waals surface area contributed by atoms with E-state index in [1.54, 1.807) is 12.1 Å². The third kappa shape index (κ3) is 6.73. The highest BCUT2D eigenvalue weighted by Gasteiger charge is 2.18. The van der Waals surface area contributed by atoms with Crippen molar-refractivity contribution in [2.75, 3.05) is 43.4 Å². The molecule has 152 valence electrons. The summed E-state index contributed by atoms with van der Waals surface area (Å²) >= 11 is 0. The molecule has 5 nitrogen and oxygen atoms in total. The second kappa shape index (κ2) is 11.4. The first-order valence-corrected chi connectivity index (χ1v) is 10.5. The molecule has 8 heteroatoms. The summed E-state index contributed by atoms with van der Waals surface area (Å²) in [6.45, 7) is 3.60. The zero-order chi connectivity index (χ0) is 19.1. The Balaban J connectivity index is 0.00000280. The van der Waals surface area contributed by atoms with E-state index in [9.17, 15) is 8.60 Å². The van der Waals surface area contributed by atoms with E-state index in [0.29, 0.717) is 24.0 Å². The summed E-state index contributed by atoms with van der Waals surface area (Å²) in [5.41, 5.74) is 8.19. The number of benzene rings is 2. The number of halogens is 2. The van der Waals surface area contributed by atoms with Gasteiger partial charge in [0, 0.05) is 54.2 Å². The van der Waals surface area contributed by atoms with Crippen molar-refractivity contribution in [3.05, 3.63) is 66.0 Å². The molecular weight excluding hydrogens is 490 g/mol. The van der Waals surface area contributed by atoms with Gasteiger partial charge in [-0.05, 0) is 29.8 Å². The molecule has 0 radical (unpaired) electrons.